The number of methoxy groups -OCH3 is 1. The van der Waals surface area contributed by atoms with Crippen LogP contribution < -0.4 is 15.2 Å². The van der Waals surface area contributed by atoms with E-state index in [1.807, 2.05) is 0 Å². The molecule has 0 spiro atoms. The van der Waals surface area contributed by atoms with Crippen LogP contribution in [0.25, 0.3) is 0 Å². The van der Waals surface area contributed by atoms with Crippen molar-refractivity contribution in [3.63, 3.8) is 0 Å². The van der Waals surface area contributed by atoms with Crippen molar-refractivity contribution in [2.24, 2.45) is 5.73 Å². The molecule has 0 aromatic heterocycles. The zero-order valence-corrected chi connectivity index (χ0v) is 11.8. The molecule has 1 atom stereocenters. The summed E-state index contributed by atoms with van der Waals surface area (Å²) in [5.41, 5.74) is 6.51. The summed E-state index contributed by atoms with van der Waals surface area (Å²) in [5, 5.41) is 11.0. The molecule has 0 aliphatic heterocycles. The summed E-state index contributed by atoms with van der Waals surface area (Å²) in [5.74, 6) is 1.19. The molecule has 0 aliphatic rings. The quantitative estimate of drug-likeness (QED) is 0.672. The van der Waals surface area contributed by atoms with Crippen molar-refractivity contribution in [3.05, 3.63) is 58.1 Å². The highest BCUT2D eigenvalue weighted by atomic mass is 16.6. The van der Waals surface area contributed by atoms with Gasteiger partial charge in [0.2, 0.25) is 5.75 Å². The number of para-hydroxylation sites is 2. The van der Waals surface area contributed by atoms with E-state index in [-0.39, 0.29) is 17.5 Å². The minimum Gasteiger partial charge on any atom is -0.496 e. The van der Waals surface area contributed by atoms with Gasteiger partial charge in [0.1, 0.15) is 11.5 Å². The summed E-state index contributed by atoms with van der Waals surface area (Å²) >= 11 is 0. The van der Waals surface area contributed by atoms with Crippen molar-refractivity contribution >= 4 is 5.69 Å². The highest BCUT2D eigenvalue weighted by molar-refractivity contribution is 5.52. The molecule has 0 unspecified atom stereocenters. The molecule has 0 radical (unpaired) electrons. The number of hydrogen-bond acceptors (Lipinski definition) is 5. The van der Waals surface area contributed by atoms with Crippen LogP contribution in [0.3, 0.4) is 0 Å². The lowest BCUT2D eigenvalue weighted by Crippen LogP contribution is -2.09. The van der Waals surface area contributed by atoms with Crippen molar-refractivity contribution in [2.45, 2.75) is 13.0 Å². The molecule has 0 amide bonds. The van der Waals surface area contributed by atoms with Gasteiger partial charge in [0.15, 0.2) is 0 Å². The Kier molecular flexibility index (Phi) is 4.39. The molecule has 0 fully saturated rings. The molecule has 6 nitrogen and oxygen atoms in total. The average Bonchev–Trinajstić information content (AvgIpc) is 2.47. The molecule has 2 aromatic carbocycles. The number of benzene rings is 2. The van der Waals surface area contributed by atoms with Crippen LogP contribution in [0.4, 0.5) is 5.69 Å². The molecule has 2 rings (SSSR count). The third-order valence-corrected chi connectivity index (χ3v) is 2.98. The van der Waals surface area contributed by atoms with E-state index in [0.717, 1.165) is 0 Å². The summed E-state index contributed by atoms with van der Waals surface area (Å²) < 4.78 is 11.0. The van der Waals surface area contributed by atoms with Crippen LogP contribution in [-0.4, -0.2) is 12.0 Å². The van der Waals surface area contributed by atoms with Gasteiger partial charge in [-0.1, -0.05) is 18.2 Å². The Balaban J connectivity index is 2.48. The fourth-order valence-electron chi connectivity index (χ4n) is 2.05. The Bertz CT molecular complexity index is 656. The van der Waals surface area contributed by atoms with Crippen LogP contribution in [-0.2, 0) is 0 Å². The Morgan fingerprint density at radius 3 is 2.33 bits per heavy atom. The van der Waals surface area contributed by atoms with Crippen LogP contribution in [0.2, 0.25) is 0 Å². The van der Waals surface area contributed by atoms with Gasteiger partial charge in [-0.05, 0) is 25.1 Å². The maximum atomic E-state index is 11.0. The van der Waals surface area contributed by atoms with E-state index in [2.05, 4.69) is 0 Å². The average molecular weight is 288 g/mol. The van der Waals surface area contributed by atoms with Crippen LogP contribution >= 0.6 is 0 Å². The maximum absolute atomic E-state index is 11.0. The second-order valence-corrected chi connectivity index (χ2v) is 4.49. The van der Waals surface area contributed by atoms with Gasteiger partial charge in [-0.2, -0.15) is 0 Å². The Morgan fingerprint density at radius 2 is 1.71 bits per heavy atom. The third kappa shape index (κ3) is 3.11. The van der Waals surface area contributed by atoms with E-state index >= 15 is 0 Å². The lowest BCUT2D eigenvalue weighted by Gasteiger charge is -2.17. The van der Waals surface area contributed by atoms with E-state index in [1.165, 1.54) is 13.2 Å². The van der Waals surface area contributed by atoms with Crippen LogP contribution in [0, 0.1) is 10.1 Å². The second-order valence-electron chi connectivity index (χ2n) is 4.49. The van der Waals surface area contributed by atoms with Crippen molar-refractivity contribution < 1.29 is 14.4 Å². The predicted molar refractivity (Wildman–Crippen MR) is 78.8 cm³/mol. The summed E-state index contributed by atoms with van der Waals surface area (Å²) in [6.45, 7) is 1.80. The molecule has 6 heteroatoms. The van der Waals surface area contributed by atoms with Gasteiger partial charge >= 0.3 is 5.69 Å². The van der Waals surface area contributed by atoms with Gasteiger partial charge < -0.3 is 15.2 Å². The number of nitro groups is 1. The highest BCUT2D eigenvalue weighted by Gasteiger charge is 2.19. The van der Waals surface area contributed by atoms with E-state index in [9.17, 15) is 10.1 Å². The molecule has 0 bridgehead atoms. The number of nitrogens with two attached hydrogens (primary N) is 1. The van der Waals surface area contributed by atoms with E-state index < -0.39 is 4.92 Å². The molecule has 0 saturated carbocycles. The lowest BCUT2D eigenvalue weighted by atomic mass is 10.1. The largest absolute Gasteiger partial charge is 0.496 e. The summed E-state index contributed by atoms with van der Waals surface area (Å²) in [6, 6.07) is 11.1. The van der Waals surface area contributed by atoms with E-state index in [1.54, 1.807) is 43.3 Å². The van der Waals surface area contributed by atoms with Gasteiger partial charge in [-0.3, -0.25) is 10.1 Å². The first-order valence-corrected chi connectivity index (χ1v) is 6.38. The Hall–Kier alpha value is -2.60. The summed E-state index contributed by atoms with van der Waals surface area (Å²) in [7, 11) is 1.54. The Labute approximate surface area is 122 Å². The lowest BCUT2D eigenvalue weighted by molar-refractivity contribution is -0.385. The molecular formula is C15H16N2O4. The third-order valence-electron chi connectivity index (χ3n) is 2.98. The molecule has 0 aliphatic carbocycles. The smallest absolute Gasteiger partial charge is 0.311 e. The van der Waals surface area contributed by atoms with Crippen molar-refractivity contribution in [1.29, 1.82) is 0 Å². The van der Waals surface area contributed by atoms with Crippen molar-refractivity contribution in [1.82, 2.24) is 0 Å². The minimum absolute atomic E-state index is 0.101. The molecule has 0 heterocycles. The molecular weight excluding hydrogens is 272 g/mol. The number of nitro benzene ring substituents is 1. The predicted octanol–water partition coefficient (Wildman–Crippen LogP) is 3.42. The SMILES string of the molecule is COc1cccc(Oc2ccccc2[N+](=O)[O-])c1[C@H](C)N. The first kappa shape index (κ1) is 14.8. The van der Waals surface area contributed by atoms with Gasteiger partial charge in [0.25, 0.3) is 0 Å². The molecule has 21 heavy (non-hydrogen) atoms. The fraction of sp³-hybridized carbons (Fsp3) is 0.200. The zero-order valence-electron chi connectivity index (χ0n) is 11.8. The van der Waals surface area contributed by atoms with Gasteiger partial charge in [0, 0.05) is 12.1 Å². The zero-order chi connectivity index (χ0) is 15.4. The van der Waals surface area contributed by atoms with Crippen molar-refractivity contribution in [3.8, 4) is 17.2 Å². The second kappa shape index (κ2) is 6.23. The number of rotatable bonds is 5. The first-order valence-electron chi connectivity index (χ1n) is 6.38. The number of ether oxygens (including phenoxy) is 2. The monoisotopic (exact) mass is 288 g/mol. The van der Waals surface area contributed by atoms with Crippen LogP contribution in [0.1, 0.15) is 18.5 Å². The first-order chi connectivity index (χ1) is 10.0. The summed E-state index contributed by atoms with van der Waals surface area (Å²) in [6.07, 6.45) is 0. The van der Waals surface area contributed by atoms with Gasteiger partial charge in [0.05, 0.1) is 17.6 Å². The topological polar surface area (TPSA) is 87.6 Å². The number of hydrogen-bond donors (Lipinski definition) is 1. The maximum Gasteiger partial charge on any atom is 0.311 e. The summed E-state index contributed by atoms with van der Waals surface area (Å²) in [4.78, 5) is 10.5. The number of nitrogens with zero attached hydrogens (tertiary/aromatic N) is 1. The fourth-order valence-corrected chi connectivity index (χ4v) is 2.05. The molecule has 0 saturated heterocycles. The van der Waals surface area contributed by atoms with Gasteiger partial charge in [-0.25, -0.2) is 0 Å². The van der Waals surface area contributed by atoms with Crippen molar-refractivity contribution in [2.75, 3.05) is 7.11 Å². The van der Waals surface area contributed by atoms with E-state index in [4.69, 9.17) is 15.2 Å². The molecule has 2 aromatic rings. The standard InChI is InChI=1S/C15H16N2O4/c1-10(16)15-13(20-2)8-5-9-14(15)21-12-7-4-3-6-11(12)17(18)19/h3-10H,16H2,1-2H3/t10-/m0/s1. The van der Waals surface area contributed by atoms with Gasteiger partial charge in [-0.15, -0.1) is 0 Å². The molecule has 110 valence electrons. The molecule has 2 N–H and O–H groups in total. The Morgan fingerprint density at radius 1 is 1.10 bits per heavy atom. The minimum atomic E-state index is -0.485. The highest BCUT2D eigenvalue weighted by Crippen LogP contribution is 2.38. The van der Waals surface area contributed by atoms with Crippen LogP contribution in [0.5, 0.6) is 17.2 Å². The normalized spacial score (nSPS) is 11.8. The van der Waals surface area contributed by atoms with E-state index in [0.29, 0.717) is 17.1 Å². The van der Waals surface area contributed by atoms with Crippen LogP contribution in [0.15, 0.2) is 42.5 Å².